The minimum Gasteiger partial charge on any atom is -0.300 e. The van der Waals surface area contributed by atoms with Crippen molar-refractivity contribution in [2.45, 2.75) is 86.0 Å². The molecule has 0 heterocycles. The molecule has 0 saturated heterocycles. The molecule has 0 aromatic rings. The second-order valence-electron chi connectivity index (χ2n) is 10.2. The second kappa shape index (κ2) is 6.52. The van der Waals surface area contributed by atoms with Crippen LogP contribution in [-0.2, 0) is 4.79 Å². The van der Waals surface area contributed by atoms with E-state index in [0.29, 0.717) is 5.78 Å². The average molecular weight is 319 g/mol. The number of hydrogen-bond donors (Lipinski definition) is 0. The molecule has 2 bridgehead atoms. The van der Waals surface area contributed by atoms with Gasteiger partial charge in [0.2, 0.25) is 0 Å². The Bertz CT molecular complexity index is 432. The highest BCUT2D eigenvalue weighted by Crippen LogP contribution is 2.66. The van der Waals surface area contributed by atoms with Crippen molar-refractivity contribution >= 4 is 5.78 Å². The van der Waals surface area contributed by atoms with Gasteiger partial charge in [0.25, 0.3) is 0 Å². The minimum atomic E-state index is 0.157. The van der Waals surface area contributed by atoms with Crippen LogP contribution in [0.25, 0.3) is 0 Å². The van der Waals surface area contributed by atoms with Crippen LogP contribution in [0.2, 0.25) is 0 Å². The number of hydrogen-bond acceptors (Lipinski definition) is 1. The molecular formula is C22H38O. The van der Waals surface area contributed by atoms with Crippen molar-refractivity contribution in [3.05, 3.63) is 0 Å². The number of ketones is 1. The highest BCUT2D eigenvalue weighted by Gasteiger charge is 2.59. The van der Waals surface area contributed by atoms with E-state index >= 15 is 0 Å². The Balaban J connectivity index is 1.58. The molecule has 3 aliphatic rings. The predicted octanol–water partition coefficient (Wildman–Crippen LogP) is 6.12. The largest absolute Gasteiger partial charge is 0.300 e. The topological polar surface area (TPSA) is 17.1 Å². The van der Waals surface area contributed by atoms with Crippen molar-refractivity contribution < 1.29 is 4.79 Å². The smallest absolute Gasteiger partial charge is 0.133 e. The highest BCUT2D eigenvalue weighted by molar-refractivity contribution is 5.78. The van der Waals surface area contributed by atoms with Gasteiger partial charge in [-0.05, 0) is 72.5 Å². The first kappa shape index (κ1) is 17.5. The molecule has 7 unspecified atom stereocenters. The maximum Gasteiger partial charge on any atom is 0.133 e. The molecule has 3 aliphatic carbocycles. The summed E-state index contributed by atoms with van der Waals surface area (Å²) in [6, 6.07) is 0. The fraction of sp³-hybridized carbons (Fsp3) is 0.955. The zero-order valence-corrected chi connectivity index (χ0v) is 16.1. The number of fused-ring (bicyclic) bond motifs is 5. The van der Waals surface area contributed by atoms with Crippen LogP contribution in [0.15, 0.2) is 0 Å². The van der Waals surface area contributed by atoms with Gasteiger partial charge in [0.05, 0.1) is 0 Å². The van der Waals surface area contributed by atoms with E-state index in [1.54, 1.807) is 0 Å². The standard InChI is InChI=1S/C22H38O/c1-6-14-10-15(7-2)21-19-12-17(20(14)21)11-16(19)8-9-18(23)13-22(3,4)5/h14-17,19-21H,6-13H2,1-5H3. The lowest BCUT2D eigenvalue weighted by atomic mass is 9.69. The van der Waals surface area contributed by atoms with Crippen molar-refractivity contribution in [3.8, 4) is 0 Å². The maximum absolute atomic E-state index is 12.3. The van der Waals surface area contributed by atoms with Crippen molar-refractivity contribution in [1.29, 1.82) is 0 Å². The molecule has 0 aromatic carbocycles. The summed E-state index contributed by atoms with van der Waals surface area (Å²) in [6.45, 7) is 11.4. The molecule has 3 fully saturated rings. The Kier molecular flexibility index (Phi) is 4.96. The van der Waals surface area contributed by atoms with Crippen molar-refractivity contribution in [1.82, 2.24) is 0 Å². The van der Waals surface area contributed by atoms with E-state index in [1.165, 1.54) is 38.5 Å². The van der Waals surface area contributed by atoms with Gasteiger partial charge in [-0.1, -0.05) is 47.5 Å². The number of carbonyl (C=O) groups is 1. The van der Waals surface area contributed by atoms with Gasteiger partial charge in [0, 0.05) is 12.8 Å². The van der Waals surface area contributed by atoms with E-state index < -0.39 is 0 Å². The van der Waals surface area contributed by atoms with Crippen LogP contribution in [0.4, 0.5) is 0 Å². The maximum atomic E-state index is 12.3. The molecule has 132 valence electrons. The summed E-state index contributed by atoms with van der Waals surface area (Å²) >= 11 is 0. The molecule has 0 radical (unpaired) electrons. The van der Waals surface area contributed by atoms with Crippen LogP contribution < -0.4 is 0 Å². The highest BCUT2D eigenvalue weighted by atomic mass is 16.1. The first-order chi connectivity index (χ1) is 10.8. The van der Waals surface area contributed by atoms with E-state index in [1.807, 2.05) is 0 Å². The number of Topliss-reactive ketones (excluding diaryl/α,β-unsaturated/α-hetero) is 1. The normalized spacial score (nSPS) is 42.2. The summed E-state index contributed by atoms with van der Waals surface area (Å²) in [4.78, 5) is 12.3. The molecule has 3 saturated carbocycles. The Morgan fingerprint density at radius 2 is 1.57 bits per heavy atom. The SMILES string of the molecule is CCC1CC(CC)C2C3CC(CC3CCC(=O)CC(C)(C)C)C12. The zero-order chi connectivity index (χ0) is 16.8. The first-order valence-electron chi connectivity index (χ1n) is 10.4. The quantitative estimate of drug-likeness (QED) is 0.577. The third kappa shape index (κ3) is 3.40. The lowest BCUT2D eigenvalue weighted by molar-refractivity contribution is -0.121. The van der Waals surface area contributed by atoms with Crippen molar-refractivity contribution in [2.24, 2.45) is 46.8 Å². The minimum absolute atomic E-state index is 0.157. The third-order valence-electron chi connectivity index (χ3n) is 7.53. The zero-order valence-electron chi connectivity index (χ0n) is 16.1. The van der Waals surface area contributed by atoms with Crippen LogP contribution in [0.3, 0.4) is 0 Å². The fourth-order valence-corrected chi connectivity index (χ4v) is 6.89. The Morgan fingerprint density at radius 3 is 2.17 bits per heavy atom. The molecule has 0 spiro atoms. The predicted molar refractivity (Wildman–Crippen MR) is 97.2 cm³/mol. The second-order valence-corrected chi connectivity index (χ2v) is 10.2. The van der Waals surface area contributed by atoms with E-state index in [4.69, 9.17) is 0 Å². The summed E-state index contributed by atoms with van der Waals surface area (Å²) in [7, 11) is 0. The summed E-state index contributed by atoms with van der Waals surface area (Å²) in [5.41, 5.74) is 0.157. The first-order valence-corrected chi connectivity index (χ1v) is 10.4. The van der Waals surface area contributed by atoms with Gasteiger partial charge in [0.15, 0.2) is 0 Å². The Morgan fingerprint density at radius 1 is 0.913 bits per heavy atom. The van der Waals surface area contributed by atoms with Gasteiger partial charge in [-0.15, -0.1) is 0 Å². The van der Waals surface area contributed by atoms with E-state index in [-0.39, 0.29) is 5.41 Å². The summed E-state index contributed by atoms with van der Waals surface area (Å²) in [5.74, 6) is 7.43. The van der Waals surface area contributed by atoms with E-state index in [2.05, 4.69) is 34.6 Å². The van der Waals surface area contributed by atoms with Gasteiger partial charge in [0.1, 0.15) is 5.78 Å². The van der Waals surface area contributed by atoms with Gasteiger partial charge in [-0.3, -0.25) is 4.79 Å². The molecule has 0 N–H and O–H groups in total. The van der Waals surface area contributed by atoms with Gasteiger partial charge >= 0.3 is 0 Å². The van der Waals surface area contributed by atoms with E-state index in [0.717, 1.165) is 54.3 Å². The van der Waals surface area contributed by atoms with Crippen LogP contribution in [0, 0.1) is 46.8 Å². The molecule has 7 atom stereocenters. The molecule has 1 nitrogen and oxygen atoms in total. The number of carbonyl (C=O) groups excluding carboxylic acids is 1. The van der Waals surface area contributed by atoms with Gasteiger partial charge in [-0.2, -0.15) is 0 Å². The lowest BCUT2D eigenvalue weighted by Gasteiger charge is -2.36. The van der Waals surface area contributed by atoms with Crippen LogP contribution >= 0.6 is 0 Å². The molecule has 0 amide bonds. The molecular weight excluding hydrogens is 280 g/mol. The van der Waals surface area contributed by atoms with Gasteiger partial charge in [-0.25, -0.2) is 0 Å². The van der Waals surface area contributed by atoms with Crippen LogP contribution in [0.1, 0.15) is 86.0 Å². The summed E-state index contributed by atoms with van der Waals surface area (Å²) in [5, 5.41) is 0. The average Bonchev–Trinajstić information content (AvgIpc) is 3.12. The monoisotopic (exact) mass is 318 g/mol. The Labute approximate surface area is 144 Å². The van der Waals surface area contributed by atoms with Crippen LogP contribution in [-0.4, -0.2) is 5.78 Å². The third-order valence-corrected chi connectivity index (χ3v) is 7.53. The molecule has 0 aromatic heterocycles. The summed E-state index contributed by atoms with van der Waals surface area (Å²) < 4.78 is 0. The number of rotatable bonds is 6. The molecule has 1 heteroatoms. The van der Waals surface area contributed by atoms with Gasteiger partial charge < -0.3 is 0 Å². The van der Waals surface area contributed by atoms with Crippen molar-refractivity contribution in [2.75, 3.05) is 0 Å². The summed E-state index contributed by atoms with van der Waals surface area (Å²) in [6.07, 6.45) is 10.0. The molecule has 0 aliphatic heterocycles. The lowest BCUT2D eigenvalue weighted by Crippen LogP contribution is -2.30. The van der Waals surface area contributed by atoms with Crippen LogP contribution in [0.5, 0.6) is 0 Å². The van der Waals surface area contributed by atoms with Crippen molar-refractivity contribution in [3.63, 3.8) is 0 Å². The molecule has 23 heavy (non-hydrogen) atoms. The fourth-order valence-electron chi connectivity index (χ4n) is 6.89. The molecule has 3 rings (SSSR count). The van der Waals surface area contributed by atoms with E-state index in [9.17, 15) is 4.79 Å². The Hall–Kier alpha value is -0.330.